The maximum absolute atomic E-state index is 5.83. The second-order valence-corrected chi connectivity index (χ2v) is 6.88. The minimum atomic E-state index is 0.103. The smallest absolute Gasteiger partial charge is 0.0776 e. The predicted molar refractivity (Wildman–Crippen MR) is 88.7 cm³/mol. The first-order valence-corrected chi connectivity index (χ1v) is 8.12. The van der Waals surface area contributed by atoms with E-state index in [2.05, 4.69) is 62.7 Å². The van der Waals surface area contributed by atoms with Crippen LogP contribution in [0.25, 0.3) is 0 Å². The van der Waals surface area contributed by atoms with Gasteiger partial charge in [0.05, 0.1) is 11.8 Å². The SMILES string of the molecule is CCCNC(Cc1cc(C)nn1CC)C(OC)C(C)(C)C. The largest absolute Gasteiger partial charge is 0.379 e. The lowest BCUT2D eigenvalue weighted by atomic mass is 9.83. The highest BCUT2D eigenvalue weighted by molar-refractivity contribution is 5.11. The van der Waals surface area contributed by atoms with E-state index in [0.717, 1.165) is 31.6 Å². The molecule has 0 saturated heterocycles. The molecule has 1 rings (SSSR count). The molecule has 0 fully saturated rings. The molecule has 2 atom stereocenters. The van der Waals surface area contributed by atoms with Crippen molar-refractivity contribution in [2.24, 2.45) is 5.41 Å². The van der Waals surface area contributed by atoms with E-state index < -0.39 is 0 Å². The highest BCUT2D eigenvalue weighted by Gasteiger charge is 2.32. The van der Waals surface area contributed by atoms with Gasteiger partial charge in [-0.25, -0.2) is 0 Å². The van der Waals surface area contributed by atoms with Gasteiger partial charge in [0.15, 0.2) is 0 Å². The van der Waals surface area contributed by atoms with E-state index in [4.69, 9.17) is 4.74 Å². The number of nitrogens with one attached hydrogen (secondary N) is 1. The van der Waals surface area contributed by atoms with E-state index in [1.54, 1.807) is 0 Å². The molecule has 4 nitrogen and oxygen atoms in total. The molecule has 2 unspecified atom stereocenters. The molecule has 21 heavy (non-hydrogen) atoms. The molecule has 0 saturated carbocycles. The van der Waals surface area contributed by atoms with Crippen LogP contribution < -0.4 is 5.32 Å². The number of aryl methyl sites for hydroxylation is 2. The standard InChI is InChI=1S/C17H33N3O/c1-8-10-18-15(16(21-7)17(4,5)6)12-14-11-13(3)19-20(14)9-2/h11,15-16,18H,8-10,12H2,1-7H3. The lowest BCUT2D eigenvalue weighted by Crippen LogP contribution is -2.49. The van der Waals surface area contributed by atoms with Gasteiger partial charge in [-0.15, -0.1) is 0 Å². The number of hydrogen-bond acceptors (Lipinski definition) is 3. The molecule has 0 amide bonds. The minimum absolute atomic E-state index is 0.103. The minimum Gasteiger partial charge on any atom is -0.379 e. The second-order valence-electron chi connectivity index (χ2n) is 6.88. The zero-order valence-electron chi connectivity index (χ0n) is 14.9. The monoisotopic (exact) mass is 295 g/mol. The van der Waals surface area contributed by atoms with Crippen LogP contribution in [0.5, 0.6) is 0 Å². The Bertz CT molecular complexity index is 420. The predicted octanol–water partition coefficient (Wildman–Crippen LogP) is 3.18. The third-order valence-corrected chi connectivity index (χ3v) is 3.84. The van der Waals surface area contributed by atoms with Crippen LogP contribution in [-0.2, 0) is 17.7 Å². The number of nitrogens with zero attached hydrogens (tertiary/aromatic N) is 2. The average Bonchev–Trinajstić information content (AvgIpc) is 2.75. The molecule has 1 aromatic rings. The fraction of sp³-hybridized carbons (Fsp3) is 0.824. The van der Waals surface area contributed by atoms with Crippen molar-refractivity contribution in [3.63, 3.8) is 0 Å². The normalized spacial score (nSPS) is 15.2. The van der Waals surface area contributed by atoms with Gasteiger partial charge in [0.1, 0.15) is 0 Å². The van der Waals surface area contributed by atoms with Gasteiger partial charge in [0.25, 0.3) is 0 Å². The Morgan fingerprint density at radius 3 is 2.48 bits per heavy atom. The fourth-order valence-electron chi connectivity index (χ4n) is 3.00. The molecule has 0 spiro atoms. The summed E-state index contributed by atoms with van der Waals surface area (Å²) in [7, 11) is 1.82. The molecule has 0 aliphatic heterocycles. The van der Waals surface area contributed by atoms with Crippen LogP contribution in [-0.4, -0.2) is 35.6 Å². The third kappa shape index (κ3) is 5.11. The van der Waals surface area contributed by atoms with E-state index in [0.29, 0.717) is 6.04 Å². The summed E-state index contributed by atoms with van der Waals surface area (Å²) in [6, 6.07) is 2.50. The quantitative estimate of drug-likeness (QED) is 0.800. The van der Waals surface area contributed by atoms with E-state index in [9.17, 15) is 0 Å². The molecule has 0 aromatic carbocycles. The summed E-state index contributed by atoms with van der Waals surface area (Å²) in [5.41, 5.74) is 2.48. The summed E-state index contributed by atoms with van der Waals surface area (Å²) in [4.78, 5) is 0. The zero-order valence-corrected chi connectivity index (χ0v) is 14.9. The summed E-state index contributed by atoms with van der Waals surface area (Å²) in [6.07, 6.45) is 2.25. The Morgan fingerprint density at radius 1 is 1.33 bits per heavy atom. The van der Waals surface area contributed by atoms with Gasteiger partial charge in [-0.3, -0.25) is 4.68 Å². The highest BCUT2D eigenvalue weighted by Crippen LogP contribution is 2.26. The van der Waals surface area contributed by atoms with Crippen LogP contribution >= 0.6 is 0 Å². The van der Waals surface area contributed by atoms with Crippen LogP contribution in [0.15, 0.2) is 6.07 Å². The molecule has 1 N–H and O–H groups in total. The van der Waals surface area contributed by atoms with Crippen molar-refractivity contribution in [1.82, 2.24) is 15.1 Å². The first kappa shape index (κ1) is 18.2. The van der Waals surface area contributed by atoms with E-state index in [1.165, 1.54) is 5.69 Å². The molecule has 0 aliphatic carbocycles. The zero-order chi connectivity index (χ0) is 16.0. The van der Waals surface area contributed by atoms with Crippen LogP contribution in [0.4, 0.5) is 0 Å². The molecular weight excluding hydrogens is 262 g/mol. The summed E-state index contributed by atoms with van der Waals surface area (Å²) < 4.78 is 7.94. The van der Waals surface area contributed by atoms with E-state index in [-0.39, 0.29) is 11.5 Å². The number of aromatic nitrogens is 2. The van der Waals surface area contributed by atoms with Gasteiger partial charge in [-0.05, 0) is 38.3 Å². The number of ether oxygens (including phenoxy) is 1. The molecule has 4 heteroatoms. The van der Waals surface area contributed by atoms with Gasteiger partial charge in [-0.2, -0.15) is 5.10 Å². The van der Waals surface area contributed by atoms with Crippen molar-refractivity contribution in [3.8, 4) is 0 Å². The molecule has 0 aliphatic rings. The molecule has 0 radical (unpaired) electrons. The van der Waals surface area contributed by atoms with Crippen LogP contribution in [0, 0.1) is 12.3 Å². The summed E-state index contributed by atoms with van der Waals surface area (Å²) in [5.74, 6) is 0. The topological polar surface area (TPSA) is 39.1 Å². The van der Waals surface area contributed by atoms with Crippen molar-refractivity contribution in [2.75, 3.05) is 13.7 Å². The molecular formula is C17H33N3O. The Labute approximate surface area is 130 Å². The van der Waals surface area contributed by atoms with E-state index >= 15 is 0 Å². The number of hydrogen-bond donors (Lipinski definition) is 1. The van der Waals surface area contributed by atoms with Crippen LogP contribution in [0.3, 0.4) is 0 Å². The maximum atomic E-state index is 5.83. The maximum Gasteiger partial charge on any atom is 0.0776 e. The lowest BCUT2D eigenvalue weighted by Gasteiger charge is -2.36. The molecule has 1 aromatic heterocycles. The Balaban J connectivity index is 2.96. The van der Waals surface area contributed by atoms with Gasteiger partial charge >= 0.3 is 0 Å². The van der Waals surface area contributed by atoms with Crippen molar-refractivity contribution in [3.05, 3.63) is 17.5 Å². The Morgan fingerprint density at radius 2 is 2.00 bits per heavy atom. The Hall–Kier alpha value is -0.870. The summed E-state index contributed by atoms with van der Waals surface area (Å²) >= 11 is 0. The molecule has 1 heterocycles. The summed E-state index contributed by atoms with van der Waals surface area (Å²) in [5, 5.41) is 8.23. The third-order valence-electron chi connectivity index (χ3n) is 3.84. The lowest BCUT2D eigenvalue weighted by molar-refractivity contribution is -0.0113. The molecule has 122 valence electrons. The van der Waals surface area contributed by atoms with Gasteiger partial charge in [0.2, 0.25) is 0 Å². The van der Waals surface area contributed by atoms with Gasteiger partial charge in [0, 0.05) is 31.8 Å². The second kappa shape index (κ2) is 7.95. The van der Waals surface area contributed by atoms with Crippen molar-refractivity contribution < 1.29 is 4.74 Å². The van der Waals surface area contributed by atoms with Crippen molar-refractivity contribution in [2.45, 2.75) is 73.1 Å². The van der Waals surface area contributed by atoms with Crippen LogP contribution in [0.1, 0.15) is 52.4 Å². The van der Waals surface area contributed by atoms with Gasteiger partial charge < -0.3 is 10.1 Å². The Kier molecular flexibility index (Phi) is 6.88. The number of methoxy groups -OCH3 is 1. The first-order chi connectivity index (χ1) is 9.83. The average molecular weight is 295 g/mol. The van der Waals surface area contributed by atoms with Crippen LogP contribution in [0.2, 0.25) is 0 Å². The van der Waals surface area contributed by atoms with Crippen molar-refractivity contribution in [1.29, 1.82) is 0 Å². The number of rotatable bonds is 8. The van der Waals surface area contributed by atoms with Gasteiger partial charge in [-0.1, -0.05) is 27.7 Å². The fourth-order valence-corrected chi connectivity index (χ4v) is 3.00. The van der Waals surface area contributed by atoms with Crippen molar-refractivity contribution >= 4 is 0 Å². The highest BCUT2D eigenvalue weighted by atomic mass is 16.5. The first-order valence-electron chi connectivity index (χ1n) is 8.12. The van der Waals surface area contributed by atoms with E-state index in [1.807, 2.05) is 7.11 Å². The summed E-state index contributed by atoms with van der Waals surface area (Å²) in [6.45, 7) is 15.0. The molecule has 0 bridgehead atoms.